The molecule has 0 aliphatic carbocycles. The van der Waals surface area contributed by atoms with Crippen LogP contribution in [0.15, 0.2) is 11.8 Å². The van der Waals surface area contributed by atoms with Crippen LogP contribution in [0.1, 0.15) is 46.0 Å². The fourth-order valence-electron chi connectivity index (χ4n) is 1.90. The molecule has 0 amide bonds. The van der Waals surface area contributed by atoms with Gasteiger partial charge in [0.15, 0.2) is 5.78 Å². The van der Waals surface area contributed by atoms with E-state index < -0.39 is 0 Å². The molecule has 3 heteroatoms. The van der Waals surface area contributed by atoms with Crippen LogP contribution in [0.4, 0.5) is 0 Å². The Balaban J connectivity index is 2.37. The molecule has 3 nitrogen and oxygen atoms in total. The van der Waals surface area contributed by atoms with Crippen LogP contribution in [0.25, 0.3) is 0 Å². The van der Waals surface area contributed by atoms with E-state index in [9.17, 15) is 4.79 Å². The van der Waals surface area contributed by atoms with Gasteiger partial charge in [-0.25, -0.2) is 0 Å². The molecule has 1 heterocycles. The van der Waals surface area contributed by atoms with E-state index in [1.54, 1.807) is 6.26 Å². The second-order valence-corrected chi connectivity index (χ2v) is 5.24. The second-order valence-electron chi connectivity index (χ2n) is 5.24. The Kier molecular flexibility index (Phi) is 5.00. The zero-order valence-electron chi connectivity index (χ0n) is 10.4. The van der Waals surface area contributed by atoms with E-state index >= 15 is 0 Å². The fraction of sp³-hybridized carbons (Fsp3) is 0.769. The molecule has 1 rings (SSSR count). The van der Waals surface area contributed by atoms with Gasteiger partial charge in [0.1, 0.15) is 0 Å². The van der Waals surface area contributed by atoms with Crippen molar-refractivity contribution in [2.24, 2.45) is 11.1 Å². The molecule has 16 heavy (non-hydrogen) atoms. The third-order valence-electron chi connectivity index (χ3n) is 3.14. The molecule has 0 saturated heterocycles. The zero-order chi connectivity index (χ0) is 12.0. The summed E-state index contributed by atoms with van der Waals surface area (Å²) in [5, 5.41) is 0. The van der Waals surface area contributed by atoms with Crippen LogP contribution in [0.3, 0.4) is 0 Å². The molecular weight excluding hydrogens is 202 g/mol. The molecule has 0 aromatic rings. The second kappa shape index (κ2) is 6.04. The molecule has 0 unspecified atom stereocenters. The van der Waals surface area contributed by atoms with Crippen LogP contribution >= 0.6 is 0 Å². The fourth-order valence-corrected chi connectivity index (χ4v) is 1.90. The van der Waals surface area contributed by atoms with Gasteiger partial charge in [-0.2, -0.15) is 0 Å². The molecule has 0 spiro atoms. The lowest BCUT2D eigenvalue weighted by Gasteiger charge is -2.23. The van der Waals surface area contributed by atoms with E-state index in [0.717, 1.165) is 37.9 Å². The number of hydrogen-bond acceptors (Lipinski definition) is 3. The summed E-state index contributed by atoms with van der Waals surface area (Å²) in [4.78, 5) is 11.9. The number of ether oxygens (including phenoxy) is 1. The molecule has 2 N–H and O–H groups in total. The lowest BCUT2D eigenvalue weighted by Crippen LogP contribution is -2.19. The molecule has 0 saturated carbocycles. The van der Waals surface area contributed by atoms with Crippen molar-refractivity contribution in [1.29, 1.82) is 0 Å². The molecule has 1 aliphatic heterocycles. The van der Waals surface area contributed by atoms with Gasteiger partial charge in [-0.3, -0.25) is 4.79 Å². The molecule has 0 fully saturated rings. The van der Waals surface area contributed by atoms with Crippen LogP contribution in [-0.4, -0.2) is 18.9 Å². The van der Waals surface area contributed by atoms with Gasteiger partial charge in [0, 0.05) is 12.0 Å². The Morgan fingerprint density at radius 1 is 1.50 bits per heavy atom. The topological polar surface area (TPSA) is 52.3 Å². The number of nitrogens with two attached hydrogens (primary N) is 1. The lowest BCUT2D eigenvalue weighted by molar-refractivity contribution is -0.116. The third kappa shape index (κ3) is 4.35. The first-order valence-electron chi connectivity index (χ1n) is 6.09. The third-order valence-corrected chi connectivity index (χ3v) is 3.14. The average Bonchev–Trinajstić information content (AvgIpc) is 2.27. The van der Waals surface area contributed by atoms with Crippen LogP contribution < -0.4 is 5.73 Å². The number of carbonyl (C=O) groups is 1. The minimum atomic E-state index is 0.167. The number of Topliss-reactive ketones (excluding diaryl/α,β-unsaturated/α-hetero) is 1. The van der Waals surface area contributed by atoms with Gasteiger partial charge in [-0.1, -0.05) is 13.8 Å². The first-order chi connectivity index (χ1) is 7.55. The minimum Gasteiger partial charge on any atom is -0.501 e. The van der Waals surface area contributed by atoms with Crippen LogP contribution in [0.5, 0.6) is 0 Å². The molecule has 0 bridgehead atoms. The summed E-state index contributed by atoms with van der Waals surface area (Å²) in [6.07, 6.45) is 5.96. The minimum absolute atomic E-state index is 0.167. The summed E-state index contributed by atoms with van der Waals surface area (Å²) in [5.41, 5.74) is 6.57. The molecule has 1 aliphatic rings. The molecule has 0 aromatic heterocycles. The molecule has 92 valence electrons. The van der Waals surface area contributed by atoms with Crippen LogP contribution in [-0.2, 0) is 9.53 Å². The van der Waals surface area contributed by atoms with E-state index in [-0.39, 0.29) is 11.2 Å². The highest BCUT2D eigenvalue weighted by atomic mass is 16.5. The largest absolute Gasteiger partial charge is 0.501 e. The van der Waals surface area contributed by atoms with E-state index in [1.807, 2.05) is 0 Å². The first-order valence-corrected chi connectivity index (χ1v) is 6.09. The summed E-state index contributed by atoms with van der Waals surface area (Å²) < 4.78 is 5.18. The van der Waals surface area contributed by atoms with Crippen molar-refractivity contribution in [1.82, 2.24) is 0 Å². The van der Waals surface area contributed by atoms with Crippen molar-refractivity contribution in [3.8, 4) is 0 Å². The Hall–Kier alpha value is -0.830. The van der Waals surface area contributed by atoms with Crippen molar-refractivity contribution >= 4 is 5.78 Å². The van der Waals surface area contributed by atoms with E-state index in [0.29, 0.717) is 13.0 Å². The maximum absolute atomic E-state index is 11.9. The summed E-state index contributed by atoms with van der Waals surface area (Å²) in [6.45, 7) is 5.76. The predicted molar refractivity (Wildman–Crippen MR) is 65.0 cm³/mol. The van der Waals surface area contributed by atoms with E-state index in [1.165, 1.54) is 0 Å². The van der Waals surface area contributed by atoms with E-state index in [2.05, 4.69) is 13.8 Å². The van der Waals surface area contributed by atoms with Gasteiger partial charge < -0.3 is 10.5 Å². The molecule has 0 atom stereocenters. The quantitative estimate of drug-likeness (QED) is 0.755. The Morgan fingerprint density at radius 3 is 2.81 bits per heavy atom. The number of hydrogen-bond donors (Lipinski definition) is 1. The number of ketones is 1. The molecule has 0 aromatic carbocycles. The van der Waals surface area contributed by atoms with Gasteiger partial charge in [-0.15, -0.1) is 0 Å². The monoisotopic (exact) mass is 225 g/mol. The van der Waals surface area contributed by atoms with E-state index in [4.69, 9.17) is 10.5 Å². The van der Waals surface area contributed by atoms with Crippen molar-refractivity contribution in [2.45, 2.75) is 46.0 Å². The van der Waals surface area contributed by atoms with Crippen molar-refractivity contribution in [3.05, 3.63) is 11.8 Å². The van der Waals surface area contributed by atoms with Crippen molar-refractivity contribution in [2.75, 3.05) is 13.2 Å². The Morgan fingerprint density at radius 2 is 2.25 bits per heavy atom. The first kappa shape index (κ1) is 13.2. The normalized spacial score (nSPS) is 16.6. The average molecular weight is 225 g/mol. The van der Waals surface area contributed by atoms with Gasteiger partial charge in [0.05, 0.1) is 12.9 Å². The van der Waals surface area contributed by atoms with Gasteiger partial charge >= 0.3 is 0 Å². The highest BCUT2D eigenvalue weighted by molar-refractivity contribution is 5.95. The molecule has 0 radical (unpaired) electrons. The number of carbonyl (C=O) groups excluding carboxylic acids is 1. The zero-order valence-corrected chi connectivity index (χ0v) is 10.4. The lowest BCUT2D eigenvalue weighted by atomic mass is 9.83. The number of rotatable bonds is 6. The number of allylic oxidation sites excluding steroid dienone is 1. The Labute approximate surface area is 98.0 Å². The SMILES string of the molecule is CC(C)(CCN)CCC(=O)C1=COCCC1. The summed E-state index contributed by atoms with van der Waals surface area (Å²) in [6, 6.07) is 0. The summed E-state index contributed by atoms with van der Waals surface area (Å²) in [5.74, 6) is 0.241. The van der Waals surface area contributed by atoms with Crippen molar-refractivity contribution in [3.63, 3.8) is 0 Å². The van der Waals surface area contributed by atoms with Gasteiger partial charge in [0.25, 0.3) is 0 Å². The maximum Gasteiger partial charge on any atom is 0.161 e. The Bertz CT molecular complexity index is 269. The highest BCUT2D eigenvalue weighted by Crippen LogP contribution is 2.27. The smallest absolute Gasteiger partial charge is 0.161 e. The van der Waals surface area contributed by atoms with Gasteiger partial charge in [-0.05, 0) is 37.6 Å². The van der Waals surface area contributed by atoms with Crippen molar-refractivity contribution < 1.29 is 9.53 Å². The molecular formula is C13H23NO2. The predicted octanol–water partition coefficient (Wildman–Crippen LogP) is 2.41. The summed E-state index contributed by atoms with van der Waals surface area (Å²) in [7, 11) is 0. The van der Waals surface area contributed by atoms with Crippen LogP contribution in [0, 0.1) is 5.41 Å². The standard InChI is InChI=1S/C13H23NO2/c1-13(2,7-8-14)6-5-12(15)11-4-3-9-16-10-11/h10H,3-9,14H2,1-2H3. The summed E-state index contributed by atoms with van der Waals surface area (Å²) >= 11 is 0. The highest BCUT2D eigenvalue weighted by Gasteiger charge is 2.20. The van der Waals surface area contributed by atoms with Crippen LogP contribution in [0.2, 0.25) is 0 Å². The maximum atomic E-state index is 11.9. The van der Waals surface area contributed by atoms with Gasteiger partial charge in [0.2, 0.25) is 0 Å².